The number of nitrogens with one attached hydrogen (secondary N) is 2. The minimum Gasteiger partial charge on any atom is -0.488 e. The summed E-state index contributed by atoms with van der Waals surface area (Å²) >= 11 is 0. The van der Waals surface area contributed by atoms with Gasteiger partial charge in [-0.15, -0.1) is 0 Å². The standard InChI is InChI=1S/C26H34N4O8S/c1-16-12-30(17(2)14-31)25(32)10-18-9-20(28-39(4,34)35)6-7-21(18)38-24(16)13-29(3)26(33)27-19-5-8-22-23(11-19)37-15-36-22/h5-9,11,16-17,24,28,31H,10,12-15H2,1-4H3,(H,27,33)/t16-,17-,24-/m1/s1. The van der Waals surface area contributed by atoms with E-state index in [0.717, 1.165) is 6.26 Å². The van der Waals surface area contributed by atoms with Gasteiger partial charge < -0.3 is 34.4 Å². The maximum atomic E-state index is 13.3. The number of nitrogens with zero attached hydrogens (tertiary/aromatic N) is 2. The highest BCUT2D eigenvalue weighted by Crippen LogP contribution is 2.34. The van der Waals surface area contributed by atoms with Gasteiger partial charge in [0, 0.05) is 42.5 Å². The number of anilines is 2. The lowest BCUT2D eigenvalue weighted by Crippen LogP contribution is -2.48. The van der Waals surface area contributed by atoms with E-state index in [2.05, 4.69) is 10.0 Å². The molecule has 0 radical (unpaired) electrons. The van der Waals surface area contributed by atoms with Crippen molar-refractivity contribution in [2.75, 3.05) is 49.8 Å². The molecule has 0 saturated carbocycles. The van der Waals surface area contributed by atoms with Crippen molar-refractivity contribution in [2.45, 2.75) is 32.4 Å². The lowest BCUT2D eigenvalue weighted by atomic mass is 10.0. The summed E-state index contributed by atoms with van der Waals surface area (Å²) in [6.45, 7) is 4.08. The minimum atomic E-state index is -3.53. The Balaban J connectivity index is 1.57. The van der Waals surface area contributed by atoms with Crippen LogP contribution >= 0.6 is 0 Å². The zero-order valence-electron chi connectivity index (χ0n) is 22.3. The first-order chi connectivity index (χ1) is 18.4. The van der Waals surface area contributed by atoms with Gasteiger partial charge in [-0.1, -0.05) is 6.92 Å². The van der Waals surface area contributed by atoms with Crippen LogP contribution in [0.4, 0.5) is 16.2 Å². The van der Waals surface area contributed by atoms with Gasteiger partial charge in [-0.2, -0.15) is 0 Å². The molecule has 13 heteroatoms. The molecule has 2 aliphatic rings. The molecule has 0 spiro atoms. The molecule has 3 atom stereocenters. The van der Waals surface area contributed by atoms with E-state index in [0.29, 0.717) is 40.7 Å². The number of carbonyl (C=O) groups is 2. The average molecular weight is 563 g/mol. The van der Waals surface area contributed by atoms with Crippen molar-refractivity contribution in [1.29, 1.82) is 0 Å². The number of aliphatic hydroxyl groups is 1. The molecule has 39 heavy (non-hydrogen) atoms. The van der Waals surface area contributed by atoms with E-state index >= 15 is 0 Å². The van der Waals surface area contributed by atoms with E-state index in [1.807, 2.05) is 6.92 Å². The molecule has 0 aromatic heterocycles. The number of likely N-dealkylation sites (N-methyl/N-ethyl adjacent to an activating group) is 1. The number of urea groups is 1. The molecule has 2 aliphatic heterocycles. The summed E-state index contributed by atoms with van der Waals surface area (Å²) in [7, 11) is -1.89. The molecule has 2 aromatic rings. The second-order valence-electron chi connectivity index (χ2n) is 9.96. The van der Waals surface area contributed by atoms with Gasteiger partial charge in [-0.3, -0.25) is 9.52 Å². The fourth-order valence-electron chi connectivity index (χ4n) is 4.47. The second-order valence-corrected chi connectivity index (χ2v) is 11.7. The smallest absolute Gasteiger partial charge is 0.321 e. The van der Waals surface area contributed by atoms with Gasteiger partial charge in [0.1, 0.15) is 11.9 Å². The Bertz CT molecular complexity index is 1340. The predicted molar refractivity (Wildman–Crippen MR) is 145 cm³/mol. The van der Waals surface area contributed by atoms with Gasteiger partial charge >= 0.3 is 6.03 Å². The van der Waals surface area contributed by atoms with Crippen LogP contribution in [-0.2, 0) is 21.2 Å². The first-order valence-corrected chi connectivity index (χ1v) is 14.4. The van der Waals surface area contributed by atoms with E-state index < -0.39 is 22.2 Å². The Morgan fingerprint density at radius 3 is 2.56 bits per heavy atom. The van der Waals surface area contributed by atoms with Crippen LogP contribution in [0.15, 0.2) is 36.4 Å². The highest BCUT2D eigenvalue weighted by atomic mass is 32.2. The van der Waals surface area contributed by atoms with Crippen LogP contribution in [0.2, 0.25) is 0 Å². The third-order valence-electron chi connectivity index (χ3n) is 6.64. The third kappa shape index (κ3) is 7.03. The molecular weight excluding hydrogens is 528 g/mol. The molecule has 3 N–H and O–H groups in total. The van der Waals surface area contributed by atoms with Crippen LogP contribution in [0.1, 0.15) is 19.4 Å². The molecule has 0 bridgehead atoms. The fourth-order valence-corrected chi connectivity index (χ4v) is 5.03. The van der Waals surface area contributed by atoms with Gasteiger partial charge in [-0.25, -0.2) is 13.2 Å². The molecule has 212 valence electrons. The molecule has 4 rings (SSSR count). The lowest BCUT2D eigenvalue weighted by Gasteiger charge is -2.34. The van der Waals surface area contributed by atoms with Crippen molar-refractivity contribution in [3.8, 4) is 17.2 Å². The number of fused-ring (bicyclic) bond motifs is 2. The van der Waals surface area contributed by atoms with E-state index in [-0.39, 0.29) is 44.2 Å². The Morgan fingerprint density at radius 1 is 1.15 bits per heavy atom. The van der Waals surface area contributed by atoms with Crippen LogP contribution < -0.4 is 24.2 Å². The monoisotopic (exact) mass is 562 g/mol. The van der Waals surface area contributed by atoms with Gasteiger partial charge in [0.2, 0.25) is 22.7 Å². The number of benzene rings is 2. The van der Waals surface area contributed by atoms with Gasteiger partial charge in [0.15, 0.2) is 11.5 Å². The van der Waals surface area contributed by atoms with Crippen LogP contribution in [0.3, 0.4) is 0 Å². The van der Waals surface area contributed by atoms with Crippen LogP contribution in [0.25, 0.3) is 0 Å². The topological polar surface area (TPSA) is 147 Å². The summed E-state index contributed by atoms with van der Waals surface area (Å²) < 4.78 is 43.0. The number of carbonyl (C=O) groups excluding carboxylic acids is 2. The first kappa shape index (κ1) is 28.3. The second kappa shape index (κ2) is 11.6. The highest BCUT2D eigenvalue weighted by Gasteiger charge is 2.32. The third-order valence-corrected chi connectivity index (χ3v) is 7.25. The van der Waals surface area contributed by atoms with E-state index in [9.17, 15) is 23.1 Å². The van der Waals surface area contributed by atoms with Crippen molar-refractivity contribution in [3.63, 3.8) is 0 Å². The maximum Gasteiger partial charge on any atom is 0.321 e. The van der Waals surface area contributed by atoms with Crippen LogP contribution in [0.5, 0.6) is 17.2 Å². The Hall–Kier alpha value is -3.71. The van der Waals surface area contributed by atoms with Crippen molar-refractivity contribution in [1.82, 2.24) is 9.80 Å². The molecule has 0 fully saturated rings. The minimum absolute atomic E-state index is 0.0428. The Labute approximate surface area is 227 Å². The number of amides is 3. The fraction of sp³-hybridized carbons (Fsp3) is 0.462. The quantitative estimate of drug-likeness (QED) is 0.465. The molecule has 0 aliphatic carbocycles. The summed E-state index contributed by atoms with van der Waals surface area (Å²) in [5.74, 6) is 1.14. The van der Waals surface area contributed by atoms with Gasteiger partial charge in [-0.05, 0) is 37.3 Å². The number of hydrogen-bond donors (Lipinski definition) is 3. The zero-order valence-corrected chi connectivity index (χ0v) is 23.2. The highest BCUT2D eigenvalue weighted by molar-refractivity contribution is 7.92. The number of rotatable bonds is 7. The summed E-state index contributed by atoms with van der Waals surface area (Å²) in [5.41, 5.74) is 1.35. The molecular formula is C26H34N4O8S. The summed E-state index contributed by atoms with van der Waals surface area (Å²) in [6, 6.07) is 9.07. The van der Waals surface area contributed by atoms with Gasteiger partial charge in [0.25, 0.3) is 0 Å². The normalized spacial score (nSPS) is 19.6. The number of aliphatic hydroxyl groups excluding tert-OH is 1. The van der Waals surface area contributed by atoms with E-state index in [1.54, 1.807) is 55.3 Å². The Kier molecular flexibility index (Phi) is 8.40. The van der Waals surface area contributed by atoms with Crippen LogP contribution in [0, 0.1) is 5.92 Å². The van der Waals surface area contributed by atoms with Crippen molar-refractivity contribution >= 4 is 33.3 Å². The molecule has 0 unspecified atom stereocenters. The molecule has 0 saturated heterocycles. The van der Waals surface area contributed by atoms with Crippen molar-refractivity contribution in [2.24, 2.45) is 5.92 Å². The van der Waals surface area contributed by atoms with Crippen LogP contribution in [-0.4, -0.2) is 87.2 Å². The SMILES string of the molecule is C[C@@H]1CN([C@H](C)CO)C(=O)Cc2cc(NS(C)(=O)=O)ccc2O[C@@H]1CN(C)C(=O)Nc1ccc2c(c1)OCO2. The molecule has 2 heterocycles. The molecule has 12 nitrogen and oxygen atoms in total. The largest absolute Gasteiger partial charge is 0.488 e. The van der Waals surface area contributed by atoms with E-state index in [1.165, 1.54) is 4.90 Å². The number of ether oxygens (including phenoxy) is 3. The predicted octanol–water partition coefficient (Wildman–Crippen LogP) is 2.10. The molecule has 3 amide bonds. The number of sulfonamides is 1. The Morgan fingerprint density at radius 2 is 1.85 bits per heavy atom. The number of hydrogen-bond acceptors (Lipinski definition) is 8. The maximum absolute atomic E-state index is 13.3. The summed E-state index contributed by atoms with van der Waals surface area (Å²) in [5, 5.41) is 12.6. The summed E-state index contributed by atoms with van der Waals surface area (Å²) in [4.78, 5) is 29.4. The zero-order chi connectivity index (χ0) is 28.3. The first-order valence-electron chi connectivity index (χ1n) is 12.5. The van der Waals surface area contributed by atoms with E-state index in [4.69, 9.17) is 14.2 Å². The van der Waals surface area contributed by atoms with Crippen molar-refractivity contribution in [3.05, 3.63) is 42.0 Å². The molecule has 2 aromatic carbocycles. The van der Waals surface area contributed by atoms with Gasteiger partial charge in [0.05, 0.1) is 31.9 Å². The lowest BCUT2D eigenvalue weighted by molar-refractivity contribution is -0.134. The summed E-state index contributed by atoms with van der Waals surface area (Å²) in [6.07, 6.45) is 0.478. The average Bonchev–Trinajstić information content (AvgIpc) is 3.35. The van der Waals surface area contributed by atoms with Crippen molar-refractivity contribution < 1.29 is 37.3 Å².